The Hall–Kier alpha value is -0.980. The van der Waals surface area contributed by atoms with E-state index in [2.05, 4.69) is 26.2 Å². The van der Waals surface area contributed by atoms with Gasteiger partial charge in [0.2, 0.25) is 5.88 Å². The van der Waals surface area contributed by atoms with Crippen LogP contribution in [-0.2, 0) is 6.54 Å². The maximum Gasteiger partial charge on any atom is 0.231 e. The highest BCUT2D eigenvalue weighted by Crippen LogP contribution is 2.31. The van der Waals surface area contributed by atoms with Crippen LogP contribution in [0.3, 0.4) is 0 Å². The van der Waals surface area contributed by atoms with Crippen LogP contribution in [-0.4, -0.2) is 26.2 Å². The maximum absolute atomic E-state index is 6.07. The van der Waals surface area contributed by atoms with Gasteiger partial charge >= 0.3 is 0 Å². The van der Waals surface area contributed by atoms with Gasteiger partial charge in [-0.2, -0.15) is 4.98 Å². The average Bonchev–Trinajstić information content (AvgIpc) is 2.83. The van der Waals surface area contributed by atoms with E-state index >= 15 is 0 Å². The molecule has 7 heteroatoms. The van der Waals surface area contributed by atoms with E-state index in [9.17, 15) is 0 Å². The van der Waals surface area contributed by atoms with Crippen LogP contribution in [0, 0.1) is 0 Å². The molecule has 1 heterocycles. The highest BCUT2D eigenvalue weighted by molar-refractivity contribution is 9.10. The quantitative estimate of drug-likeness (QED) is 0.846. The van der Waals surface area contributed by atoms with Crippen molar-refractivity contribution < 1.29 is 4.74 Å². The number of halogens is 2. The van der Waals surface area contributed by atoms with Crippen molar-refractivity contribution in [3.05, 3.63) is 32.6 Å². The summed E-state index contributed by atoms with van der Waals surface area (Å²) in [5.41, 5.74) is 0.958. The lowest BCUT2D eigenvalue weighted by molar-refractivity contribution is 0.397. The summed E-state index contributed by atoms with van der Waals surface area (Å²) < 4.78 is 6.19. The Labute approximate surface area is 135 Å². The molecule has 20 heavy (non-hydrogen) atoms. The van der Waals surface area contributed by atoms with Crippen LogP contribution in [0.1, 0.15) is 4.88 Å². The minimum atomic E-state index is 0.645. The van der Waals surface area contributed by atoms with Crippen molar-refractivity contribution in [1.82, 2.24) is 4.98 Å². The number of rotatable bonds is 5. The van der Waals surface area contributed by atoms with Crippen molar-refractivity contribution in [2.75, 3.05) is 31.4 Å². The van der Waals surface area contributed by atoms with E-state index < -0.39 is 0 Å². The first-order valence-corrected chi connectivity index (χ1v) is 7.90. The van der Waals surface area contributed by atoms with E-state index in [0.29, 0.717) is 17.4 Å². The Kier molecular flexibility index (Phi) is 5.12. The number of hydrogen-bond donors (Lipinski definition) is 1. The molecule has 0 fully saturated rings. The Bertz CT molecular complexity index is 603. The molecule has 2 aromatic rings. The third-order valence-electron chi connectivity index (χ3n) is 2.60. The van der Waals surface area contributed by atoms with Crippen molar-refractivity contribution in [2.24, 2.45) is 0 Å². The summed E-state index contributed by atoms with van der Waals surface area (Å²) in [6, 6.07) is 5.77. The van der Waals surface area contributed by atoms with E-state index in [1.54, 1.807) is 18.4 Å². The summed E-state index contributed by atoms with van der Waals surface area (Å²) in [5.74, 6) is 0.661. The fourth-order valence-corrected chi connectivity index (χ4v) is 2.90. The lowest BCUT2D eigenvalue weighted by atomic mass is 10.3. The van der Waals surface area contributed by atoms with Crippen molar-refractivity contribution >= 4 is 49.7 Å². The maximum atomic E-state index is 6.07. The topological polar surface area (TPSA) is 37.4 Å². The number of aromatic nitrogens is 1. The third-order valence-corrected chi connectivity index (χ3v) is 5.04. The number of methoxy groups -OCH3 is 1. The van der Waals surface area contributed by atoms with Gasteiger partial charge in [-0.25, -0.2) is 0 Å². The van der Waals surface area contributed by atoms with Gasteiger partial charge in [-0.05, 0) is 34.1 Å². The van der Waals surface area contributed by atoms with Crippen LogP contribution in [0.15, 0.2) is 22.7 Å². The second-order valence-corrected chi connectivity index (χ2v) is 6.63. The molecule has 0 aliphatic carbocycles. The highest BCUT2D eigenvalue weighted by Gasteiger charge is 2.13. The van der Waals surface area contributed by atoms with Crippen LogP contribution < -0.4 is 15.0 Å². The zero-order chi connectivity index (χ0) is 14.7. The zero-order valence-electron chi connectivity index (χ0n) is 11.4. The van der Waals surface area contributed by atoms with Gasteiger partial charge in [-0.3, -0.25) is 0 Å². The van der Waals surface area contributed by atoms with Crippen LogP contribution in [0.2, 0.25) is 5.02 Å². The van der Waals surface area contributed by atoms with Gasteiger partial charge in [0.05, 0.1) is 23.6 Å². The second kappa shape index (κ2) is 6.65. The zero-order valence-corrected chi connectivity index (χ0v) is 14.6. The molecule has 1 aromatic carbocycles. The normalized spacial score (nSPS) is 10.4. The van der Waals surface area contributed by atoms with Crippen LogP contribution >= 0.6 is 38.9 Å². The summed E-state index contributed by atoms with van der Waals surface area (Å²) in [4.78, 5) is 7.44. The molecular formula is C13H15BrClN3OS. The van der Waals surface area contributed by atoms with Crippen molar-refractivity contribution in [3.8, 4) is 5.88 Å². The first kappa shape index (κ1) is 15.4. The van der Waals surface area contributed by atoms with Gasteiger partial charge < -0.3 is 15.0 Å². The standard InChI is InChI=1S/C13H15BrClN3OS/c1-18(2)13-17-12(19-3)11(20-13)7-16-8-4-5-9(14)10(15)6-8/h4-6,16H,7H2,1-3H3. The number of nitrogens with one attached hydrogen (secondary N) is 1. The van der Waals surface area contributed by atoms with Crippen LogP contribution in [0.25, 0.3) is 0 Å². The SMILES string of the molecule is COc1nc(N(C)C)sc1CNc1ccc(Br)c(Cl)c1. The molecular weight excluding hydrogens is 362 g/mol. The number of benzene rings is 1. The lowest BCUT2D eigenvalue weighted by Gasteiger charge is -2.07. The molecule has 0 aliphatic rings. The second-order valence-electron chi connectivity index (χ2n) is 4.31. The summed E-state index contributed by atoms with van der Waals surface area (Å²) in [6.45, 7) is 0.645. The molecule has 0 saturated carbocycles. The van der Waals surface area contributed by atoms with E-state index in [-0.39, 0.29) is 0 Å². The van der Waals surface area contributed by atoms with E-state index in [1.165, 1.54) is 0 Å². The summed E-state index contributed by atoms with van der Waals surface area (Å²) in [7, 11) is 5.56. The molecule has 2 rings (SSSR count). The predicted octanol–water partition coefficient (Wildman–Crippen LogP) is 4.25. The Morgan fingerprint density at radius 2 is 2.20 bits per heavy atom. The van der Waals surface area contributed by atoms with E-state index in [4.69, 9.17) is 16.3 Å². The molecule has 0 unspecified atom stereocenters. The summed E-state index contributed by atoms with van der Waals surface area (Å²) in [6.07, 6.45) is 0. The first-order valence-electron chi connectivity index (χ1n) is 5.91. The number of nitrogens with zero attached hydrogens (tertiary/aromatic N) is 2. The average molecular weight is 377 g/mol. The van der Waals surface area contributed by atoms with Crippen LogP contribution in [0.4, 0.5) is 10.8 Å². The molecule has 0 bridgehead atoms. The Morgan fingerprint density at radius 1 is 1.45 bits per heavy atom. The van der Waals surface area contributed by atoms with Gasteiger partial charge in [0, 0.05) is 24.3 Å². The highest BCUT2D eigenvalue weighted by atomic mass is 79.9. The molecule has 0 amide bonds. The van der Waals surface area contributed by atoms with Gasteiger partial charge in [0.25, 0.3) is 0 Å². The molecule has 0 radical (unpaired) electrons. The Balaban J connectivity index is 2.11. The number of anilines is 2. The van der Waals surface area contributed by atoms with Gasteiger partial charge in [0.15, 0.2) is 5.13 Å². The minimum absolute atomic E-state index is 0.645. The monoisotopic (exact) mass is 375 g/mol. The largest absolute Gasteiger partial charge is 0.480 e. The fraction of sp³-hybridized carbons (Fsp3) is 0.308. The number of hydrogen-bond acceptors (Lipinski definition) is 5. The number of ether oxygens (including phenoxy) is 1. The Morgan fingerprint density at radius 3 is 2.80 bits per heavy atom. The third kappa shape index (κ3) is 3.56. The van der Waals surface area contributed by atoms with Crippen molar-refractivity contribution in [2.45, 2.75) is 6.54 Å². The fourth-order valence-electron chi connectivity index (χ4n) is 1.58. The van der Waals surface area contributed by atoms with Gasteiger partial charge in [0.1, 0.15) is 0 Å². The van der Waals surface area contributed by atoms with Gasteiger partial charge in [-0.1, -0.05) is 22.9 Å². The van der Waals surface area contributed by atoms with Crippen molar-refractivity contribution in [1.29, 1.82) is 0 Å². The summed E-state index contributed by atoms with van der Waals surface area (Å²) in [5, 5.41) is 4.93. The number of thiazole rings is 1. The molecule has 1 N–H and O–H groups in total. The molecule has 0 atom stereocenters. The summed E-state index contributed by atoms with van der Waals surface area (Å²) >= 11 is 11.0. The predicted molar refractivity (Wildman–Crippen MR) is 89.5 cm³/mol. The smallest absolute Gasteiger partial charge is 0.231 e. The van der Waals surface area contributed by atoms with Crippen molar-refractivity contribution in [3.63, 3.8) is 0 Å². The van der Waals surface area contributed by atoms with Gasteiger partial charge in [-0.15, -0.1) is 0 Å². The van der Waals surface area contributed by atoms with E-state index in [1.807, 2.05) is 37.2 Å². The molecule has 4 nitrogen and oxygen atoms in total. The lowest BCUT2D eigenvalue weighted by Crippen LogP contribution is -2.07. The van der Waals surface area contributed by atoms with Crippen LogP contribution in [0.5, 0.6) is 5.88 Å². The molecule has 0 aliphatic heterocycles. The first-order chi connectivity index (χ1) is 9.51. The molecule has 108 valence electrons. The van der Waals surface area contributed by atoms with E-state index in [0.717, 1.165) is 20.2 Å². The minimum Gasteiger partial charge on any atom is -0.480 e. The molecule has 0 spiro atoms. The molecule has 1 aromatic heterocycles. The molecule has 0 saturated heterocycles.